The molecule has 4 rings (SSSR count). The second kappa shape index (κ2) is 9.23. The van der Waals surface area contributed by atoms with Gasteiger partial charge in [-0.3, -0.25) is 4.79 Å². The Bertz CT molecular complexity index is 1160. The van der Waals surface area contributed by atoms with E-state index in [0.717, 1.165) is 22.4 Å². The number of amides is 1. The lowest BCUT2D eigenvalue weighted by Gasteiger charge is -2.29. The maximum atomic E-state index is 13.5. The molecule has 1 amide bonds. The van der Waals surface area contributed by atoms with Crippen molar-refractivity contribution in [2.24, 2.45) is 0 Å². The first kappa shape index (κ1) is 22.2. The Morgan fingerprint density at radius 2 is 1.69 bits per heavy atom. The van der Waals surface area contributed by atoms with E-state index in [1.54, 1.807) is 37.4 Å². The summed E-state index contributed by atoms with van der Waals surface area (Å²) in [6.45, 7) is 0. The van der Waals surface area contributed by atoms with Crippen molar-refractivity contribution in [2.75, 3.05) is 7.11 Å². The number of rotatable bonds is 5. The van der Waals surface area contributed by atoms with Crippen molar-refractivity contribution in [1.82, 2.24) is 4.90 Å². The van der Waals surface area contributed by atoms with Crippen LogP contribution in [0.15, 0.2) is 66.7 Å². The van der Waals surface area contributed by atoms with Crippen LogP contribution in [0.4, 0.5) is 0 Å². The van der Waals surface area contributed by atoms with Gasteiger partial charge >= 0.3 is 5.97 Å². The van der Waals surface area contributed by atoms with Crippen LogP contribution in [0.25, 0.3) is 11.1 Å². The average Bonchev–Trinajstić information content (AvgIpc) is 3.24. The lowest BCUT2D eigenvalue weighted by Crippen LogP contribution is -2.41. The summed E-state index contributed by atoms with van der Waals surface area (Å²) in [4.78, 5) is 26.8. The predicted octanol–water partition coefficient (Wildman–Crippen LogP) is 6.10. The number of halogens is 2. The van der Waals surface area contributed by atoms with Crippen LogP contribution in [0.3, 0.4) is 0 Å². The van der Waals surface area contributed by atoms with Crippen LogP contribution in [-0.2, 0) is 4.79 Å². The van der Waals surface area contributed by atoms with Crippen molar-refractivity contribution in [1.29, 1.82) is 0 Å². The van der Waals surface area contributed by atoms with Gasteiger partial charge in [0.15, 0.2) is 0 Å². The van der Waals surface area contributed by atoms with Crippen LogP contribution in [0, 0.1) is 0 Å². The van der Waals surface area contributed by atoms with Gasteiger partial charge in [-0.1, -0.05) is 59.6 Å². The molecule has 0 aliphatic carbocycles. The zero-order chi connectivity index (χ0) is 22.8. The van der Waals surface area contributed by atoms with Gasteiger partial charge in [-0.05, 0) is 54.3 Å². The highest BCUT2D eigenvalue weighted by atomic mass is 35.5. The number of methoxy groups -OCH3 is 1. The number of likely N-dealkylation sites (tertiary alicyclic amines) is 1. The molecule has 1 aliphatic rings. The van der Waals surface area contributed by atoms with Gasteiger partial charge in [-0.2, -0.15) is 0 Å². The van der Waals surface area contributed by atoms with E-state index in [1.807, 2.05) is 36.4 Å². The lowest BCUT2D eigenvalue weighted by atomic mass is 10.0. The average molecular weight is 470 g/mol. The van der Waals surface area contributed by atoms with E-state index in [9.17, 15) is 14.7 Å². The monoisotopic (exact) mass is 469 g/mol. The number of ether oxygens (including phenoxy) is 1. The summed E-state index contributed by atoms with van der Waals surface area (Å²) in [5.74, 6) is -0.687. The first-order valence-electron chi connectivity index (χ1n) is 10.1. The van der Waals surface area contributed by atoms with Gasteiger partial charge in [-0.15, -0.1) is 0 Å². The van der Waals surface area contributed by atoms with Crippen molar-refractivity contribution in [3.8, 4) is 16.9 Å². The van der Waals surface area contributed by atoms with E-state index in [1.165, 1.54) is 4.90 Å². The molecular formula is C25H21Cl2NO4. The Morgan fingerprint density at radius 1 is 0.969 bits per heavy atom. The van der Waals surface area contributed by atoms with Crippen LogP contribution in [0.5, 0.6) is 5.75 Å². The third-order valence-corrected chi connectivity index (χ3v) is 6.44. The smallest absolute Gasteiger partial charge is 0.326 e. The molecule has 0 spiro atoms. The Labute approximate surface area is 196 Å². The number of carboxylic acid groups (broad SMARTS) is 1. The molecule has 1 saturated heterocycles. The normalized spacial score (nSPS) is 17.9. The first-order valence-corrected chi connectivity index (χ1v) is 10.9. The summed E-state index contributed by atoms with van der Waals surface area (Å²) in [6, 6.07) is 18.3. The highest BCUT2D eigenvalue weighted by Gasteiger charge is 2.42. The Kier molecular flexibility index (Phi) is 6.40. The van der Waals surface area contributed by atoms with E-state index in [0.29, 0.717) is 28.5 Å². The summed E-state index contributed by atoms with van der Waals surface area (Å²) in [6.07, 6.45) is 0.874. The number of carboxylic acids is 1. The third-order valence-electron chi connectivity index (χ3n) is 5.79. The number of nitrogens with zero attached hydrogens (tertiary/aromatic N) is 1. The molecule has 0 saturated carbocycles. The highest BCUT2D eigenvalue weighted by Crippen LogP contribution is 2.40. The molecule has 1 fully saturated rings. The molecule has 3 aromatic rings. The molecule has 5 nitrogen and oxygen atoms in total. The van der Waals surface area contributed by atoms with Crippen molar-refractivity contribution in [2.45, 2.75) is 24.9 Å². The molecule has 164 valence electrons. The van der Waals surface area contributed by atoms with Crippen LogP contribution in [-0.4, -0.2) is 35.0 Å². The molecule has 32 heavy (non-hydrogen) atoms. The SMILES string of the molecule is COc1ccc(-c2ccc(C(=O)N3[C@@H](c4ccccc4Cl)CC[C@H]3C(=O)O)cc2Cl)cc1. The van der Waals surface area contributed by atoms with Gasteiger partial charge in [0.1, 0.15) is 11.8 Å². The zero-order valence-corrected chi connectivity index (χ0v) is 18.8. The second-order valence-electron chi connectivity index (χ2n) is 7.60. The summed E-state index contributed by atoms with van der Waals surface area (Å²) in [7, 11) is 1.60. The number of carbonyl (C=O) groups is 2. The minimum absolute atomic E-state index is 0.331. The summed E-state index contributed by atoms with van der Waals surface area (Å²) < 4.78 is 5.19. The molecule has 2 atom stereocenters. The Morgan fingerprint density at radius 3 is 2.31 bits per heavy atom. The van der Waals surface area contributed by atoms with Crippen molar-refractivity contribution in [3.63, 3.8) is 0 Å². The molecule has 3 aromatic carbocycles. The van der Waals surface area contributed by atoms with Crippen molar-refractivity contribution < 1.29 is 19.4 Å². The zero-order valence-electron chi connectivity index (χ0n) is 17.3. The summed E-state index contributed by atoms with van der Waals surface area (Å²) in [5.41, 5.74) is 2.72. The molecule has 0 bridgehead atoms. The molecule has 1 heterocycles. The largest absolute Gasteiger partial charge is 0.497 e. The number of carbonyl (C=O) groups excluding carboxylic acids is 1. The minimum Gasteiger partial charge on any atom is -0.497 e. The quantitative estimate of drug-likeness (QED) is 0.490. The minimum atomic E-state index is -1.03. The van der Waals surface area contributed by atoms with Crippen LogP contribution >= 0.6 is 23.2 Å². The maximum Gasteiger partial charge on any atom is 0.326 e. The van der Waals surface area contributed by atoms with Gasteiger partial charge in [0.2, 0.25) is 0 Å². The fourth-order valence-corrected chi connectivity index (χ4v) is 4.74. The third kappa shape index (κ3) is 4.18. The molecule has 0 aromatic heterocycles. The molecule has 0 unspecified atom stereocenters. The Hall–Kier alpha value is -3.02. The number of hydrogen-bond acceptors (Lipinski definition) is 3. The van der Waals surface area contributed by atoms with Gasteiger partial charge < -0.3 is 14.7 Å². The van der Waals surface area contributed by atoms with Crippen molar-refractivity contribution >= 4 is 35.1 Å². The number of benzene rings is 3. The van der Waals surface area contributed by atoms with Gasteiger partial charge in [0.05, 0.1) is 13.2 Å². The van der Waals surface area contributed by atoms with E-state index in [-0.39, 0.29) is 5.91 Å². The highest BCUT2D eigenvalue weighted by molar-refractivity contribution is 6.33. The van der Waals surface area contributed by atoms with E-state index in [2.05, 4.69) is 0 Å². The maximum absolute atomic E-state index is 13.5. The number of aliphatic carboxylic acids is 1. The van der Waals surface area contributed by atoms with E-state index in [4.69, 9.17) is 27.9 Å². The molecule has 1 N–H and O–H groups in total. The summed E-state index contributed by atoms with van der Waals surface area (Å²) >= 11 is 12.9. The number of hydrogen-bond donors (Lipinski definition) is 1. The van der Waals surface area contributed by atoms with Crippen molar-refractivity contribution in [3.05, 3.63) is 87.9 Å². The van der Waals surface area contributed by atoms with Gasteiger partial charge in [0, 0.05) is 21.2 Å². The van der Waals surface area contributed by atoms with E-state index < -0.39 is 18.1 Å². The molecule has 1 aliphatic heterocycles. The second-order valence-corrected chi connectivity index (χ2v) is 8.42. The molecule has 7 heteroatoms. The molecule has 0 radical (unpaired) electrons. The predicted molar refractivity (Wildman–Crippen MR) is 124 cm³/mol. The molecular weight excluding hydrogens is 449 g/mol. The van der Waals surface area contributed by atoms with E-state index >= 15 is 0 Å². The lowest BCUT2D eigenvalue weighted by molar-refractivity contribution is -0.141. The van der Waals surface area contributed by atoms with Crippen LogP contribution in [0.2, 0.25) is 10.0 Å². The van der Waals surface area contributed by atoms with Crippen LogP contribution in [0.1, 0.15) is 34.8 Å². The fourth-order valence-electron chi connectivity index (χ4n) is 4.19. The standard InChI is InChI=1S/C25H21Cl2NO4/c1-32-17-9-6-15(7-10-17)18-11-8-16(14-21(18)27)24(29)28-22(12-13-23(28)25(30)31)19-4-2-3-5-20(19)26/h2-11,14,22-23H,12-13H2,1H3,(H,30,31)/t22-,23+/m1/s1. The summed E-state index contributed by atoms with van der Waals surface area (Å²) in [5, 5.41) is 10.7. The van der Waals surface area contributed by atoms with Gasteiger partial charge in [-0.25, -0.2) is 4.79 Å². The van der Waals surface area contributed by atoms with Gasteiger partial charge in [0.25, 0.3) is 5.91 Å². The fraction of sp³-hybridized carbons (Fsp3) is 0.200. The topological polar surface area (TPSA) is 66.8 Å². The van der Waals surface area contributed by atoms with Crippen LogP contribution < -0.4 is 4.74 Å². The first-order chi connectivity index (χ1) is 15.4. The Balaban J connectivity index is 1.68.